The molecule has 5 rings (SSSR count). The number of primary amides is 1. The number of anilines is 3. The molecule has 9 heteroatoms. The van der Waals surface area contributed by atoms with Gasteiger partial charge in [-0.05, 0) is 42.5 Å². The SMILES string of the molecule is NC(=O)c1cccc(-c2cc3nc[nH]c(=O)c3c(Nc3ccc(N4CCOCC4)cc3)n2)c1. The summed E-state index contributed by atoms with van der Waals surface area (Å²) in [6, 6.07) is 16.6. The first kappa shape index (κ1) is 20.7. The Morgan fingerprint density at radius 3 is 2.64 bits per heavy atom. The summed E-state index contributed by atoms with van der Waals surface area (Å²) in [5.74, 6) is -0.147. The number of ether oxygens (including phenoxy) is 1. The summed E-state index contributed by atoms with van der Waals surface area (Å²) in [6.07, 6.45) is 1.36. The van der Waals surface area contributed by atoms with Gasteiger partial charge in [0.15, 0.2) is 0 Å². The van der Waals surface area contributed by atoms with Crippen LogP contribution in [0.3, 0.4) is 0 Å². The zero-order valence-electron chi connectivity index (χ0n) is 17.7. The van der Waals surface area contributed by atoms with Crippen LogP contribution in [0.1, 0.15) is 10.4 Å². The summed E-state index contributed by atoms with van der Waals surface area (Å²) in [7, 11) is 0. The van der Waals surface area contributed by atoms with Crippen molar-refractivity contribution in [2.24, 2.45) is 5.73 Å². The first-order chi connectivity index (χ1) is 16.1. The van der Waals surface area contributed by atoms with Gasteiger partial charge in [0.25, 0.3) is 5.56 Å². The van der Waals surface area contributed by atoms with Crippen LogP contribution in [0, 0.1) is 0 Å². The van der Waals surface area contributed by atoms with E-state index in [0.717, 1.165) is 37.7 Å². The van der Waals surface area contributed by atoms with Gasteiger partial charge in [0.2, 0.25) is 5.91 Å². The molecule has 2 aromatic carbocycles. The number of hydrogen-bond acceptors (Lipinski definition) is 7. The molecule has 1 amide bonds. The van der Waals surface area contributed by atoms with Gasteiger partial charge in [-0.15, -0.1) is 0 Å². The lowest BCUT2D eigenvalue weighted by molar-refractivity contribution is 0.100. The molecule has 9 nitrogen and oxygen atoms in total. The molecule has 2 aromatic heterocycles. The van der Waals surface area contributed by atoms with Crippen molar-refractivity contribution in [3.05, 3.63) is 76.8 Å². The van der Waals surface area contributed by atoms with Crippen LogP contribution in [0.5, 0.6) is 0 Å². The molecule has 0 spiro atoms. The third kappa shape index (κ3) is 4.26. The van der Waals surface area contributed by atoms with Crippen molar-refractivity contribution in [3.63, 3.8) is 0 Å². The molecule has 0 bridgehead atoms. The molecule has 1 fully saturated rings. The highest BCUT2D eigenvalue weighted by atomic mass is 16.5. The van der Waals surface area contributed by atoms with E-state index in [9.17, 15) is 9.59 Å². The maximum absolute atomic E-state index is 12.6. The number of nitrogens with zero attached hydrogens (tertiary/aromatic N) is 3. The van der Waals surface area contributed by atoms with Gasteiger partial charge in [-0.25, -0.2) is 9.97 Å². The number of nitrogens with one attached hydrogen (secondary N) is 2. The van der Waals surface area contributed by atoms with Gasteiger partial charge in [0.1, 0.15) is 11.2 Å². The summed E-state index contributed by atoms with van der Waals surface area (Å²) in [4.78, 5) is 38.1. The standard InChI is InChI=1S/C24H22N6O3/c25-22(31)16-3-1-2-15(12-16)19-13-20-21(24(32)27-14-26-20)23(29-19)28-17-4-6-18(7-5-17)30-8-10-33-11-9-30/h1-7,12-14H,8-11H2,(H2,25,31)(H,28,29)(H,26,27,32). The Kier molecular flexibility index (Phi) is 5.45. The average molecular weight is 442 g/mol. The maximum Gasteiger partial charge on any atom is 0.262 e. The second-order valence-corrected chi connectivity index (χ2v) is 7.70. The summed E-state index contributed by atoms with van der Waals surface area (Å²) < 4.78 is 5.42. The smallest absolute Gasteiger partial charge is 0.262 e. The molecule has 0 saturated carbocycles. The van der Waals surface area contributed by atoms with Crippen molar-refractivity contribution in [2.75, 3.05) is 36.5 Å². The average Bonchev–Trinajstić information content (AvgIpc) is 2.85. The van der Waals surface area contributed by atoms with Crippen molar-refractivity contribution in [1.82, 2.24) is 15.0 Å². The number of pyridine rings is 1. The van der Waals surface area contributed by atoms with Crippen molar-refractivity contribution in [3.8, 4) is 11.3 Å². The highest BCUT2D eigenvalue weighted by Crippen LogP contribution is 2.28. The number of carbonyl (C=O) groups is 1. The van der Waals surface area contributed by atoms with E-state index in [4.69, 9.17) is 10.5 Å². The molecule has 0 aliphatic carbocycles. The quantitative estimate of drug-likeness (QED) is 0.434. The van der Waals surface area contributed by atoms with E-state index in [1.807, 2.05) is 30.3 Å². The molecule has 33 heavy (non-hydrogen) atoms. The number of benzene rings is 2. The number of H-pyrrole nitrogens is 1. The summed E-state index contributed by atoms with van der Waals surface area (Å²) >= 11 is 0. The summed E-state index contributed by atoms with van der Waals surface area (Å²) in [6.45, 7) is 3.14. The third-order valence-electron chi connectivity index (χ3n) is 5.57. The van der Waals surface area contributed by atoms with Crippen LogP contribution in [-0.2, 0) is 4.74 Å². The Bertz CT molecular complexity index is 1380. The maximum atomic E-state index is 12.6. The van der Waals surface area contributed by atoms with Gasteiger partial charge in [0, 0.05) is 35.6 Å². The molecule has 1 saturated heterocycles. The second-order valence-electron chi connectivity index (χ2n) is 7.70. The molecule has 4 N–H and O–H groups in total. The van der Waals surface area contributed by atoms with E-state index >= 15 is 0 Å². The number of aromatic amines is 1. The zero-order chi connectivity index (χ0) is 22.8. The van der Waals surface area contributed by atoms with Crippen molar-refractivity contribution < 1.29 is 9.53 Å². The number of nitrogens with two attached hydrogens (primary N) is 1. The number of morpholine rings is 1. The molecule has 1 aliphatic rings. The minimum absolute atomic E-state index is 0.294. The van der Waals surface area contributed by atoms with E-state index in [1.165, 1.54) is 6.33 Å². The Balaban J connectivity index is 1.53. The van der Waals surface area contributed by atoms with Crippen LogP contribution >= 0.6 is 0 Å². The van der Waals surface area contributed by atoms with Crippen molar-refractivity contribution >= 4 is 34.0 Å². The van der Waals surface area contributed by atoms with E-state index in [2.05, 4.69) is 25.2 Å². The van der Waals surface area contributed by atoms with E-state index < -0.39 is 5.91 Å². The van der Waals surface area contributed by atoms with Crippen molar-refractivity contribution in [1.29, 1.82) is 0 Å². The van der Waals surface area contributed by atoms with E-state index in [-0.39, 0.29) is 5.56 Å². The van der Waals surface area contributed by atoms with Gasteiger partial charge in [0.05, 0.1) is 30.8 Å². The molecule has 1 aliphatic heterocycles. The van der Waals surface area contributed by atoms with Crippen LogP contribution in [0.2, 0.25) is 0 Å². The monoisotopic (exact) mass is 442 g/mol. The molecule has 4 aromatic rings. The van der Waals surface area contributed by atoms with Gasteiger partial charge in [-0.2, -0.15) is 0 Å². The predicted octanol–water partition coefficient (Wildman–Crippen LogP) is 2.66. The lowest BCUT2D eigenvalue weighted by Gasteiger charge is -2.28. The van der Waals surface area contributed by atoms with E-state index in [0.29, 0.717) is 33.5 Å². The first-order valence-corrected chi connectivity index (χ1v) is 10.6. The molecule has 0 atom stereocenters. The van der Waals surface area contributed by atoms with Crippen LogP contribution in [0.4, 0.5) is 17.2 Å². The normalized spacial score (nSPS) is 13.8. The Morgan fingerprint density at radius 1 is 1.09 bits per heavy atom. The molecule has 0 unspecified atom stereocenters. The number of hydrogen-bond donors (Lipinski definition) is 3. The number of fused-ring (bicyclic) bond motifs is 1. The fourth-order valence-corrected chi connectivity index (χ4v) is 3.87. The second kappa shape index (κ2) is 8.71. The largest absolute Gasteiger partial charge is 0.378 e. The molecule has 166 valence electrons. The van der Waals surface area contributed by atoms with Gasteiger partial charge in [-0.3, -0.25) is 9.59 Å². The van der Waals surface area contributed by atoms with E-state index in [1.54, 1.807) is 24.3 Å². The highest BCUT2D eigenvalue weighted by Gasteiger charge is 2.14. The van der Waals surface area contributed by atoms with Gasteiger partial charge in [-0.1, -0.05) is 12.1 Å². The fourth-order valence-electron chi connectivity index (χ4n) is 3.87. The van der Waals surface area contributed by atoms with Gasteiger partial charge < -0.3 is 25.7 Å². The lowest BCUT2D eigenvalue weighted by atomic mass is 10.1. The minimum Gasteiger partial charge on any atom is -0.378 e. The highest BCUT2D eigenvalue weighted by molar-refractivity contribution is 5.95. The fraction of sp³-hybridized carbons (Fsp3) is 0.167. The zero-order valence-corrected chi connectivity index (χ0v) is 17.7. The first-order valence-electron chi connectivity index (χ1n) is 10.6. The lowest BCUT2D eigenvalue weighted by Crippen LogP contribution is -2.36. The Morgan fingerprint density at radius 2 is 1.88 bits per heavy atom. The third-order valence-corrected chi connectivity index (χ3v) is 5.57. The molecule has 3 heterocycles. The van der Waals surface area contributed by atoms with Crippen molar-refractivity contribution in [2.45, 2.75) is 0 Å². The predicted molar refractivity (Wildman–Crippen MR) is 127 cm³/mol. The number of carbonyl (C=O) groups excluding carboxylic acids is 1. The Labute approximate surface area is 189 Å². The number of amides is 1. The number of aromatic nitrogens is 3. The Hall–Kier alpha value is -4.24. The van der Waals surface area contributed by atoms with Gasteiger partial charge >= 0.3 is 0 Å². The van der Waals surface area contributed by atoms with Crippen LogP contribution in [0.15, 0.2) is 65.7 Å². The van der Waals surface area contributed by atoms with Crippen LogP contribution in [0.25, 0.3) is 22.2 Å². The van der Waals surface area contributed by atoms with Crippen LogP contribution in [-0.4, -0.2) is 47.2 Å². The molecule has 0 radical (unpaired) electrons. The summed E-state index contributed by atoms with van der Waals surface area (Å²) in [5, 5.41) is 3.61. The topological polar surface area (TPSA) is 126 Å². The number of rotatable bonds is 5. The molecular formula is C24H22N6O3. The summed E-state index contributed by atoms with van der Waals surface area (Å²) in [5.41, 5.74) is 9.15. The van der Waals surface area contributed by atoms with Crippen LogP contribution < -0.4 is 21.5 Å². The molecular weight excluding hydrogens is 420 g/mol. The minimum atomic E-state index is -0.522.